The van der Waals surface area contributed by atoms with E-state index in [1.54, 1.807) is 14.0 Å². The van der Waals surface area contributed by atoms with Crippen molar-refractivity contribution in [2.45, 2.75) is 38.4 Å². The molecule has 0 amide bonds. The van der Waals surface area contributed by atoms with Crippen molar-refractivity contribution in [1.29, 1.82) is 0 Å². The number of rotatable bonds is 8. The highest BCUT2D eigenvalue weighted by atomic mass is 16.7. The number of aromatic nitrogens is 2. The van der Waals surface area contributed by atoms with Gasteiger partial charge in [-0.25, -0.2) is 4.79 Å². The fourth-order valence-electron chi connectivity index (χ4n) is 3.07. The van der Waals surface area contributed by atoms with Crippen molar-refractivity contribution in [2.24, 2.45) is 0 Å². The summed E-state index contributed by atoms with van der Waals surface area (Å²) in [6.07, 6.45) is 0.718. The van der Waals surface area contributed by atoms with Crippen molar-refractivity contribution >= 4 is 5.69 Å². The molecule has 0 spiro atoms. The molecule has 1 aliphatic heterocycles. The summed E-state index contributed by atoms with van der Waals surface area (Å²) < 4.78 is 23.9. The maximum absolute atomic E-state index is 12.1. The monoisotopic (exact) mass is 391 g/mol. The van der Waals surface area contributed by atoms with Crippen LogP contribution in [0.1, 0.15) is 23.8 Å². The zero-order chi connectivity index (χ0) is 20.1. The van der Waals surface area contributed by atoms with Crippen LogP contribution in [0.4, 0.5) is 5.69 Å². The molecule has 1 saturated heterocycles. The molecule has 2 heterocycles. The molecule has 1 aromatic heterocycles. The maximum Gasteiger partial charge on any atom is 0.330 e. The van der Waals surface area contributed by atoms with Gasteiger partial charge in [0, 0.05) is 31.0 Å². The number of methoxy groups -OCH3 is 1. The molecule has 0 bridgehead atoms. The van der Waals surface area contributed by atoms with E-state index in [-0.39, 0.29) is 19.0 Å². The van der Waals surface area contributed by atoms with Gasteiger partial charge in [0.2, 0.25) is 0 Å². The van der Waals surface area contributed by atoms with Crippen LogP contribution in [0.3, 0.4) is 0 Å². The number of nitrogen functional groups attached to an aromatic ring is 1. The third-order valence-corrected chi connectivity index (χ3v) is 4.58. The van der Waals surface area contributed by atoms with Crippen LogP contribution in [0.15, 0.2) is 40.1 Å². The Hall–Kier alpha value is -2.46. The molecule has 3 atom stereocenters. The van der Waals surface area contributed by atoms with Crippen LogP contribution in [0.5, 0.6) is 0 Å². The Balaban J connectivity index is 1.59. The van der Waals surface area contributed by atoms with Gasteiger partial charge < -0.3 is 24.7 Å². The molecule has 1 unspecified atom stereocenters. The second-order valence-corrected chi connectivity index (χ2v) is 6.71. The van der Waals surface area contributed by atoms with Crippen LogP contribution in [-0.4, -0.2) is 42.3 Å². The van der Waals surface area contributed by atoms with Crippen LogP contribution >= 0.6 is 0 Å². The minimum Gasteiger partial charge on any atom is -0.399 e. The van der Waals surface area contributed by atoms with Crippen molar-refractivity contribution < 1.29 is 18.9 Å². The third-order valence-electron chi connectivity index (χ3n) is 4.58. The van der Waals surface area contributed by atoms with E-state index in [1.165, 1.54) is 10.8 Å². The number of H-pyrrole nitrogens is 1. The first-order valence-electron chi connectivity index (χ1n) is 8.98. The summed E-state index contributed by atoms with van der Waals surface area (Å²) in [7, 11) is 1.57. The van der Waals surface area contributed by atoms with E-state index in [4.69, 9.17) is 24.7 Å². The number of nitrogens with one attached hydrogen (secondary N) is 1. The molecule has 3 rings (SSSR count). The second-order valence-electron chi connectivity index (χ2n) is 6.71. The zero-order valence-corrected chi connectivity index (χ0v) is 15.9. The SMILES string of the molecule is COC[C@H]1O[C@@H](n2cc(C)c(=O)[nH]c2=O)CC1OCOCc1ccc(N)cc1. The average molecular weight is 391 g/mol. The molecule has 9 heteroatoms. The Morgan fingerprint density at radius 3 is 2.75 bits per heavy atom. The lowest BCUT2D eigenvalue weighted by atomic mass is 10.2. The van der Waals surface area contributed by atoms with Gasteiger partial charge in [-0.3, -0.25) is 14.3 Å². The molecular formula is C19H25N3O6. The third kappa shape index (κ3) is 4.87. The molecule has 9 nitrogen and oxygen atoms in total. The normalized spacial score (nSPS) is 21.9. The summed E-state index contributed by atoms with van der Waals surface area (Å²) in [4.78, 5) is 26.0. The van der Waals surface area contributed by atoms with Gasteiger partial charge in [0.05, 0.1) is 19.3 Å². The molecule has 0 aliphatic carbocycles. The predicted octanol–water partition coefficient (Wildman–Crippen LogP) is 0.921. The lowest BCUT2D eigenvalue weighted by Gasteiger charge is -2.18. The fraction of sp³-hybridized carbons (Fsp3) is 0.474. The minimum absolute atomic E-state index is 0.0743. The highest BCUT2D eigenvalue weighted by molar-refractivity contribution is 5.39. The van der Waals surface area contributed by atoms with Crippen LogP contribution in [0.25, 0.3) is 0 Å². The number of nitrogens with zero attached hydrogens (tertiary/aromatic N) is 1. The number of hydrogen-bond acceptors (Lipinski definition) is 7. The van der Waals surface area contributed by atoms with Gasteiger partial charge in [-0.2, -0.15) is 0 Å². The fourth-order valence-corrected chi connectivity index (χ4v) is 3.07. The van der Waals surface area contributed by atoms with E-state index in [1.807, 2.05) is 24.3 Å². The standard InChI is InChI=1S/C19H25N3O6/c1-12-8-22(19(24)21-18(12)23)17-7-15(16(28-17)10-25-2)27-11-26-9-13-3-5-14(20)6-4-13/h3-6,8,15-17H,7,9-11,20H2,1-2H3,(H,21,23,24)/t15?,16-,17-/m1/s1. The lowest BCUT2D eigenvalue weighted by Crippen LogP contribution is -2.33. The Bertz CT molecular complexity index is 892. The van der Waals surface area contributed by atoms with Gasteiger partial charge in [-0.05, 0) is 24.6 Å². The molecule has 152 valence electrons. The van der Waals surface area contributed by atoms with E-state index in [0.29, 0.717) is 30.9 Å². The molecule has 3 N–H and O–H groups in total. The number of nitrogens with two attached hydrogens (primary N) is 1. The maximum atomic E-state index is 12.1. The van der Waals surface area contributed by atoms with Gasteiger partial charge in [0.1, 0.15) is 19.1 Å². The summed E-state index contributed by atoms with van der Waals surface area (Å²) in [6, 6.07) is 7.41. The predicted molar refractivity (Wildman–Crippen MR) is 102 cm³/mol. The van der Waals surface area contributed by atoms with E-state index in [2.05, 4.69) is 4.98 Å². The van der Waals surface area contributed by atoms with E-state index >= 15 is 0 Å². The van der Waals surface area contributed by atoms with Crippen LogP contribution in [-0.2, 0) is 25.6 Å². The van der Waals surface area contributed by atoms with Crippen molar-refractivity contribution in [2.75, 3.05) is 26.2 Å². The molecule has 1 aliphatic rings. The van der Waals surface area contributed by atoms with Gasteiger partial charge in [0.15, 0.2) is 0 Å². The lowest BCUT2D eigenvalue weighted by molar-refractivity contribution is -0.125. The first-order valence-corrected chi connectivity index (χ1v) is 8.98. The Morgan fingerprint density at radius 1 is 1.29 bits per heavy atom. The highest BCUT2D eigenvalue weighted by Crippen LogP contribution is 2.30. The van der Waals surface area contributed by atoms with Gasteiger partial charge in [-0.1, -0.05) is 12.1 Å². The minimum atomic E-state index is -0.551. The second kappa shape index (κ2) is 9.16. The van der Waals surface area contributed by atoms with Gasteiger partial charge in [-0.15, -0.1) is 0 Å². The molecule has 2 aromatic rings. The Kier molecular flexibility index (Phi) is 6.63. The zero-order valence-electron chi connectivity index (χ0n) is 15.9. The van der Waals surface area contributed by atoms with Crippen LogP contribution in [0.2, 0.25) is 0 Å². The molecule has 28 heavy (non-hydrogen) atoms. The summed E-state index contributed by atoms with van der Waals surface area (Å²) >= 11 is 0. The number of aryl methyl sites for hydroxylation is 1. The number of aromatic amines is 1. The number of ether oxygens (including phenoxy) is 4. The quantitative estimate of drug-likeness (QED) is 0.390. The summed E-state index contributed by atoms with van der Waals surface area (Å²) in [5.41, 5.74) is 6.86. The highest BCUT2D eigenvalue weighted by Gasteiger charge is 2.37. The molecule has 0 saturated carbocycles. The van der Waals surface area contributed by atoms with Crippen molar-refractivity contribution in [3.05, 3.63) is 62.4 Å². The van der Waals surface area contributed by atoms with Crippen molar-refractivity contribution in [3.8, 4) is 0 Å². The molecule has 1 aromatic carbocycles. The van der Waals surface area contributed by atoms with E-state index in [9.17, 15) is 9.59 Å². The first kappa shape index (κ1) is 20.3. The van der Waals surface area contributed by atoms with Crippen LogP contribution in [0, 0.1) is 6.92 Å². The van der Waals surface area contributed by atoms with Crippen molar-refractivity contribution in [3.63, 3.8) is 0 Å². The number of hydrogen-bond donors (Lipinski definition) is 2. The summed E-state index contributed by atoms with van der Waals surface area (Å²) in [5, 5.41) is 0. The topological polar surface area (TPSA) is 118 Å². The first-order chi connectivity index (χ1) is 13.5. The van der Waals surface area contributed by atoms with Crippen molar-refractivity contribution in [1.82, 2.24) is 9.55 Å². The number of anilines is 1. The number of benzene rings is 1. The summed E-state index contributed by atoms with van der Waals surface area (Å²) in [5.74, 6) is 0. The summed E-state index contributed by atoms with van der Waals surface area (Å²) in [6.45, 7) is 2.42. The Morgan fingerprint density at radius 2 is 2.04 bits per heavy atom. The molecular weight excluding hydrogens is 366 g/mol. The largest absolute Gasteiger partial charge is 0.399 e. The molecule has 0 radical (unpaired) electrons. The smallest absolute Gasteiger partial charge is 0.330 e. The van der Waals surface area contributed by atoms with Gasteiger partial charge >= 0.3 is 5.69 Å². The Labute approximate surface area is 162 Å². The average Bonchev–Trinajstić information content (AvgIpc) is 3.06. The van der Waals surface area contributed by atoms with E-state index in [0.717, 1.165) is 5.56 Å². The van der Waals surface area contributed by atoms with Gasteiger partial charge in [0.25, 0.3) is 5.56 Å². The van der Waals surface area contributed by atoms with Crippen LogP contribution < -0.4 is 17.0 Å². The van der Waals surface area contributed by atoms with E-state index < -0.39 is 17.5 Å². The molecule has 1 fully saturated rings.